The van der Waals surface area contributed by atoms with Crippen LogP contribution in [0.2, 0.25) is 0 Å². The predicted octanol–water partition coefficient (Wildman–Crippen LogP) is 0.0659. The van der Waals surface area contributed by atoms with Crippen molar-refractivity contribution in [2.24, 2.45) is 0 Å². The van der Waals surface area contributed by atoms with Gasteiger partial charge in [0.1, 0.15) is 17.3 Å². The number of ether oxygens (including phenoxy) is 2. The summed E-state index contributed by atoms with van der Waals surface area (Å²) < 4.78 is 62.3. The lowest BCUT2D eigenvalue weighted by atomic mass is 10.4. The zero-order valence-corrected chi connectivity index (χ0v) is 8.51. The van der Waals surface area contributed by atoms with E-state index in [0.29, 0.717) is 0 Å². The molecule has 0 saturated carbocycles. The van der Waals surface area contributed by atoms with Crippen molar-refractivity contribution in [3.8, 4) is 0 Å². The molecule has 0 aliphatic heterocycles. The van der Waals surface area contributed by atoms with Crippen LogP contribution in [0.1, 0.15) is 6.92 Å². The Labute approximate surface area is 85.1 Å². The van der Waals surface area contributed by atoms with E-state index >= 15 is 0 Å². The maximum atomic E-state index is 11.6. The van der Waals surface area contributed by atoms with Gasteiger partial charge in [0.2, 0.25) is 0 Å². The van der Waals surface area contributed by atoms with E-state index < -0.39 is 41.5 Å². The van der Waals surface area contributed by atoms with Crippen LogP contribution in [0.4, 0.5) is 13.2 Å². The van der Waals surface area contributed by atoms with Crippen LogP contribution in [0.15, 0.2) is 0 Å². The number of halogens is 3. The van der Waals surface area contributed by atoms with Crippen LogP contribution in [-0.2, 0) is 25.0 Å². The van der Waals surface area contributed by atoms with Gasteiger partial charge in [0, 0.05) is 0 Å². The zero-order valence-electron chi connectivity index (χ0n) is 7.61. The maximum absolute atomic E-state index is 11.6. The van der Waals surface area contributed by atoms with Gasteiger partial charge in [-0.25, -0.2) is 13.2 Å². The normalized spacial score (nSPS) is 13.9. The van der Waals surface area contributed by atoms with E-state index in [-0.39, 0.29) is 0 Å². The van der Waals surface area contributed by atoms with Gasteiger partial charge in [-0.3, -0.25) is 4.74 Å². The molecule has 0 aromatic heterocycles. The van der Waals surface area contributed by atoms with Crippen molar-refractivity contribution in [2.45, 2.75) is 19.4 Å². The van der Waals surface area contributed by atoms with Crippen molar-refractivity contribution in [3.63, 3.8) is 0 Å². The number of hydrogen-bond donors (Lipinski definition) is 1. The van der Waals surface area contributed by atoms with E-state index in [9.17, 15) is 26.4 Å². The topological polar surface area (TPSA) is 69.7 Å². The largest absolute Gasteiger partial charge is 0.523 e. The third kappa shape index (κ3) is 8.18. The van der Waals surface area contributed by atoms with E-state index in [4.69, 9.17) is 0 Å². The van der Waals surface area contributed by atoms with Crippen LogP contribution in [-0.4, -0.2) is 39.2 Å². The number of esters is 1. The lowest BCUT2D eigenvalue weighted by molar-refractivity contribution is -0.337. The number of carbonyl (C=O) groups excluding carboxylic acids is 1. The first-order valence-electron chi connectivity index (χ1n) is 3.75. The summed E-state index contributed by atoms with van der Waals surface area (Å²) in [6.07, 6.45) is -6.74. The molecule has 0 N–H and O–H groups in total. The smallest absolute Gasteiger partial charge is 0.463 e. The van der Waals surface area contributed by atoms with Crippen molar-refractivity contribution >= 4 is 16.7 Å². The fourth-order valence-electron chi connectivity index (χ4n) is 0.587. The Balaban J connectivity index is 3.89. The summed E-state index contributed by atoms with van der Waals surface area (Å²) in [6, 6.07) is 0. The minimum absolute atomic E-state index is 0.431. The summed E-state index contributed by atoms with van der Waals surface area (Å²) in [7, 11) is -2.72. The summed E-state index contributed by atoms with van der Waals surface area (Å²) in [4.78, 5) is 10.8. The molecule has 0 heterocycles. The van der Waals surface area contributed by atoms with Crippen LogP contribution in [0.5, 0.6) is 0 Å². The molecule has 0 aliphatic carbocycles. The molecule has 5 nitrogen and oxygen atoms in total. The van der Waals surface area contributed by atoms with E-state index in [2.05, 4.69) is 9.47 Å². The summed E-state index contributed by atoms with van der Waals surface area (Å²) >= 11 is 0. The minimum atomic E-state index is -4.93. The molecule has 0 saturated heterocycles. The predicted molar refractivity (Wildman–Crippen MR) is 42.7 cm³/mol. The Morgan fingerprint density at radius 2 is 1.93 bits per heavy atom. The number of hydrogen-bond acceptors (Lipinski definition) is 5. The molecule has 1 atom stereocenters. The summed E-state index contributed by atoms with van der Waals surface area (Å²) in [5.41, 5.74) is 0. The molecule has 0 radical (unpaired) electrons. The van der Waals surface area contributed by atoms with Crippen LogP contribution >= 0.6 is 0 Å². The van der Waals surface area contributed by atoms with Gasteiger partial charge in [-0.05, 0) is 6.92 Å². The van der Waals surface area contributed by atoms with Crippen LogP contribution < -0.4 is 0 Å². The Kier molecular flexibility index (Phi) is 5.58. The molecule has 0 spiro atoms. The highest BCUT2D eigenvalue weighted by Gasteiger charge is 2.35. The highest BCUT2D eigenvalue weighted by Crippen LogP contribution is 2.18. The molecule has 0 aliphatic rings. The van der Waals surface area contributed by atoms with Crippen LogP contribution in [0.3, 0.4) is 0 Å². The molecule has 9 heteroatoms. The molecular weight excluding hydrogens is 241 g/mol. The molecule has 0 bridgehead atoms. The lowest BCUT2D eigenvalue weighted by Gasteiger charge is -2.13. The summed E-state index contributed by atoms with van der Waals surface area (Å²) in [5, 5.41) is 0. The van der Waals surface area contributed by atoms with Gasteiger partial charge in [-0.15, -0.1) is 13.2 Å². The van der Waals surface area contributed by atoms with Gasteiger partial charge >= 0.3 is 12.3 Å². The monoisotopic (exact) mass is 250 g/mol. The van der Waals surface area contributed by atoms with Gasteiger partial charge < -0.3 is 4.74 Å². The second-order valence-corrected chi connectivity index (χ2v) is 3.54. The van der Waals surface area contributed by atoms with Crippen molar-refractivity contribution in [2.75, 3.05) is 12.4 Å². The number of thiol groups is 1. The van der Waals surface area contributed by atoms with Gasteiger partial charge in [-0.1, -0.05) is 0 Å². The molecule has 1 unspecified atom stereocenters. The van der Waals surface area contributed by atoms with Gasteiger partial charge in [0.05, 0.1) is 5.75 Å². The standard InChI is InChI=1S/C6H9F3O5S/c1-4(14-6(7,8)9)5(10)13-2-3-15(11)12/h4,15H,2-3H2,1H3. The van der Waals surface area contributed by atoms with Crippen LogP contribution in [0, 0.1) is 0 Å². The van der Waals surface area contributed by atoms with Gasteiger partial charge in [0.15, 0.2) is 6.10 Å². The molecule has 15 heavy (non-hydrogen) atoms. The molecule has 90 valence electrons. The Morgan fingerprint density at radius 3 is 2.33 bits per heavy atom. The summed E-state index contributed by atoms with van der Waals surface area (Å²) in [5.74, 6) is -1.69. The number of alkyl halides is 3. The van der Waals surface area contributed by atoms with E-state index in [1.165, 1.54) is 0 Å². The third-order valence-electron chi connectivity index (χ3n) is 1.16. The second kappa shape index (κ2) is 5.91. The SMILES string of the molecule is CC(OC(F)(F)F)C(=O)OCC[SH](=O)=O. The second-order valence-electron chi connectivity index (χ2n) is 2.43. The first kappa shape index (κ1) is 14.2. The number of rotatable bonds is 5. The third-order valence-corrected chi connectivity index (χ3v) is 1.71. The Hall–Kier alpha value is -0.830. The van der Waals surface area contributed by atoms with Crippen LogP contribution in [0.25, 0.3) is 0 Å². The lowest BCUT2D eigenvalue weighted by Crippen LogP contribution is -2.30. The van der Waals surface area contributed by atoms with Crippen molar-refractivity contribution in [3.05, 3.63) is 0 Å². The fourth-order valence-corrected chi connectivity index (χ4v) is 0.827. The van der Waals surface area contributed by atoms with Gasteiger partial charge in [-0.2, -0.15) is 0 Å². The molecule has 0 amide bonds. The highest BCUT2D eigenvalue weighted by atomic mass is 32.2. The van der Waals surface area contributed by atoms with Crippen molar-refractivity contribution in [1.29, 1.82) is 0 Å². The summed E-state index contributed by atoms with van der Waals surface area (Å²) in [6.45, 7) is 0.371. The highest BCUT2D eigenvalue weighted by molar-refractivity contribution is 7.72. The Bertz CT molecular complexity index is 277. The average molecular weight is 250 g/mol. The number of carbonyl (C=O) groups is 1. The van der Waals surface area contributed by atoms with Gasteiger partial charge in [0.25, 0.3) is 0 Å². The van der Waals surface area contributed by atoms with E-state index in [0.717, 1.165) is 6.92 Å². The molecular formula is C6H9F3O5S. The fraction of sp³-hybridized carbons (Fsp3) is 0.833. The molecule has 0 aromatic rings. The zero-order chi connectivity index (χ0) is 12.1. The van der Waals surface area contributed by atoms with Crippen molar-refractivity contribution in [1.82, 2.24) is 0 Å². The molecule has 0 fully saturated rings. The van der Waals surface area contributed by atoms with E-state index in [1.807, 2.05) is 0 Å². The average Bonchev–Trinajstić information content (AvgIpc) is 1.99. The first-order chi connectivity index (χ1) is 6.72. The van der Waals surface area contributed by atoms with Crippen molar-refractivity contribution < 1.29 is 35.9 Å². The molecule has 0 aromatic carbocycles. The molecule has 0 rings (SSSR count). The first-order valence-corrected chi connectivity index (χ1v) is 5.11. The van der Waals surface area contributed by atoms with E-state index in [1.54, 1.807) is 0 Å². The Morgan fingerprint density at radius 1 is 1.40 bits per heavy atom. The maximum Gasteiger partial charge on any atom is 0.523 e. The quantitative estimate of drug-likeness (QED) is 0.552. The minimum Gasteiger partial charge on any atom is -0.463 e.